The van der Waals surface area contributed by atoms with E-state index in [-0.39, 0.29) is 0 Å². The van der Waals surface area contributed by atoms with Gasteiger partial charge in [0, 0.05) is 13.1 Å². The van der Waals surface area contributed by atoms with Gasteiger partial charge in [0.2, 0.25) is 0 Å². The van der Waals surface area contributed by atoms with Crippen molar-refractivity contribution < 1.29 is 0 Å². The van der Waals surface area contributed by atoms with Gasteiger partial charge >= 0.3 is 0 Å². The van der Waals surface area contributed by atoms with Crippen LogP contribution in [-0.2, 0) is 13.0 Å². The number of nitrogens with zero attached hydrogens (tertiary/aromatic N) is 1. The molecule has 100 valence electrons. The van der Waals surface area contributed by atoms with Gasteiger partial charge in [-0.25, -0.2) is 0 Å². The largest absolute Gasteiger partial charge is 0.316 e. The smallest absolute Gasteiger partial charge is 0.0236 e. The highest BCUT2D eigenvalue weighted by atomic mass is 15.1. The minimum Gasteiger partial charge on any atom is -0.316 e. The Bertz CT molecular complexity index is 362. The van der Waals surface area contributed by atoms with E-state index in [2.05, 4.69) is 48.3 Å². The molecule has 2 heteroatoms. The molecule has 18 heavy (non-hydrogen) atoms. The first kappa shape index (κ1) is 13.6. The molecule has 1 saturated heterocycles. The fourth-order valence-electron chi connectivity index (χ4n) is 2.81. The third-order valence-corrected chi connectivity index (χ3v) is 3.78. The summed E-state index contributed by atoms with van der Waals surface area (Å²) in [6, 6.07) is 8.89. The van der Waals surface area contributed by atoms with E-state index < -0.39 is 0 Å². The summed E-state index contributed by atoms with van der Waals surface area (Å²) in [4.78, 5) is 2.62. The van der Waals surface area contributed by atoms with Gasteiger partial charge in [0.1, 0.15) is 0 Å². The molecule has 1 N–H and O–H groups in total. The van der Waals surface area contributed by atoms with E-state index in [0.29, 0.717) is 0 Å². The second kappa shape index (κ2) is 6.91. The van der Waals surface area contributed by atoms with Crippen molar-refractivity contribution in [3.05, 3.63) is 35.4 Å². The molecule has 1 aliphatic rings. The monoisotopic (exact) mass is 246 g/mol. The lowest BCUT2D eigenvalue weighted by Crippen LogP contribution is -2.38. The Kier molecular flexibility index (Phi) is 5.21. The maximum absolute atomic E-state index is 3.52. The molecule has 1 aliphatic heterocycles. The second-order valence-corrected chi connectivity index (χ2v) is 5.52. The Balaban J connectivity index is 2.01. The van der Waals surface area contributed by atoms with Crippen molar-refractivity contribution in [3.8, 4) is 0 Å². The van der Waals surface area contributed by atoms with Crippen molar-refractivity contribution in [2.75, 3.05) is 26.2 Å². The molecule has 0 spiro atoms. The molecule has 1 aromatic rings. The van der Waals surface area contributed by atoms with Gasteiger partial charge < -0.3 is 5.32 Å². The Hall–Kier alpha value is -0.860. The fourth-order valence-corrected chi connectivity index (χ4v) is 2.81. The third kappa shape index (κ3) is 3.82. The topological polar surface area (TPSA) is 15.3 Å². The van der Waals surface area contributed by atoms with E-state index in [9.17, 15) is 0 Å². The van der Waals surface area contributed by atoms with Crippen molar-refractivity contribution in [1.29, 1.82) is 0 Å². The zero-order valence-electron chi connectivity index (χ0n) is 11.8. The van der Waals surface area contributed by atoms with Gasteiger partial charge in [-0.3, -0.25) is 4.90 Å². The van der Waals surface area contributed by atoms with E-state index in [1.165, 1.54) is 30.6 Å². The van der Waals surface area contributed by atoms with E-state index in [1.807, 2.05) is 0 Å². The predicted octanol–water partition coefficient (Wildman–Crippen LogP) is 2.68. The molecule has 0 radical (unpaired) electrons. The summed E-state index contributed by atoms with van der Waals surface area (Å²) in [6.07, 6.45) is 2.40. The van der Waals surface area contributed by atoms with Crippen molar-refractivity contribution in [2.45, 2.75) is 33.2 Å². The van der Waals surface area contributed by atoms with Crippen LogP contribution < -0.4 is 5.32 Å². The predicted molar refractivity (Wildman–Crippen MR) is 77.7 cm³/mol. The summed E-state index contributed by atoms with van der Waals surface area (Å²) in [6.45, 7) is 10.5. The van der Waals surface area contributed by atoms with Crippen LogP contribution in [0.25, 0.3) is 0 Å². The van der Waals surface area contributed by atoms with Crippen LogP contribution >= 0.6 is 0 Å². The number of aryl methyl sites for hydroxylation is 1. The number of nitrogens with one attached hydrogen (secondary N) is 1. The minimum atomic E-state index is 0.749. The van der Waals surface area contributed by atoms with Crippen LogP contribution in [0.5, 0.6) is 0 Å². The molecule has 0 aromatic heterocycles. The molecule has 0 saturated carbocycles. The molecule has 1 fully saturated rings. The molecule has 1 unspecified atom stereocenters. The van der Waals surface area contributed by atoms with Crippen LogP contribution in [0, 0.1) is 5.92 Å². The van der Waals surface area contributed by atoms with Crippen LogP contribution in [0.1, 0.15) is 31.4 Å². The summed E-state index contributed by atoms with van der Waals surface area (Å²) >= 11 is 0. The van der Waals surface area contributed by atoms with E-state index in [4.69, 9.17) is 0 Å². The van der Waals surface area contributed by atoms with Crippen molar-refractivity contribution in [3.63, 3.8) is 0 Å². The van der Waals surface area contributed by atoms with E-state index >= 15 is 0 Å². The lowest BCUT2D eigenvalue weighted by Gasteiger charge is -2.29. The van der Waals surface area contributed by atoms with Gasteiger partial charge in [-0.1, -0.05) is 38.1 Å². The first-order valence-electron chi connectivity index (χ1n) is 7.29. The molecule has 0 bridgehead atoms. The highest BCUT2D eigenvalue weighted by molar-refractivity contribution is 5.26. The highest BCUT2D eigenvalue weighted by Crippen LogP contribution is 2.14. The molecular formula is C16H26N2. The van der Waals surface area contributed by atoms with Gasteiger partial charge in [0.15, 0.2) is 0 Å². The number of benzene rings is 1. The van der Waals surface area contributed by atoms with Gasteiger partial charge in [-0.15, -0.1) is 0 Å². The molecule has 1 heterocycles. The maximum atomic E-state index is 3.52. The molecular weight excluding hydrogens is 220 g/mol. The first-order chi connectivity index (χ1) is 8.79. The number of rotatable bonds is 3. The van der Waals surface area contributed by atoms with Gasteiger partial charge in [-0.05, 0) is 49.5 Å². The molecule has 2 nitrogen and oxygen atoms in total. The van der Waals surface area contributed by atoms with Crippen molar-refractivity contribution in [2.24, 2.45) is 5.92 Å². The van der Waals surface area contributed by atoms with E-state index in [1.54, 1.807) is 0 Å². The normalized spacial score (nSPS) is 22.4. The molecule has 2 rings (SSSR count). The fraction of sp³-hybridized carbons (Fsp3) is 0.625. The first-order valence-corrected chi connectivity index (χ1v) is 7.29. The summed E-state index contributed by atoms with van der Waals surface area (Å²) in [5.74, 6) is 0.749. The number of hydrogen-bond acceptors (Lipinski definition) is 2. The Morgan fingerprint density at radius 3 is 2.83 bits per heavy atom. The summed E-state index contributed by atoms with van der Waals surface area (Å²) < 4.78 is 0. The average Bonchev–Trinajstić information content (AvgIpc) is 2.36. The summed E-state index contributed by atoms with van der Waals surface area (Å²) in [5, 5.41) is 3.52. The van der Waals surface area contributed by atoms with Gasteiger partial charge in [0.25, 0.3) is 0 Å². The second-order valence-electron chi connectivity index (χ2n) is 5.52. The lowest BCUT2D eigenvalue weighted by atomic mass is 10.0. The quantitative estimate of drug-likeness (QED) is 0.882. The van der Waals surface area contributed by atoms with Crippen molar-refractivity contribution in [1.82, 2.24) is 10.2 Å². The number of hydrogen-bond donors (Lipinski definition) is 1. The zero-order chi connectivity index (χ0) is 12.8. The lowest BCUT2D eigenvalue weighted by molar-refractivity contribution is 0.208. The molecule has 0 aliphatic carbocycles. The molecule has 0 amide bonds. The standard InChI is InChI=1S/C16H26N2/c1-3-15-7-4-5-8-16(15)13-18-10-6-9-17-11-14(2)12-18/h4-5,7-8,14,17H,3,6,9-13H2,1-2H3. The highest BCUT2D eigenvalue weighted by Gasteiger charge is 2.14. The SMILES string of the molecule is CCc1ccccc1CN1CCCNCC(C)C1. The Morgan fingerprint density at radius 1 is 1.28 bits per heavy atom. The third-order valence-electron chi connectivity index (χ3n) is 3.78. The zero-order valence-corrected chi connectivity index (χ0v) is 11.8. The Labute approximate surface area is 111 Å². The van der Waals surface area contributed by atoms with E-state index in [0.717, 1.165) is 32.0 Å². The van der Waals surface area contributed by atoms with Crippen LogP contribution in [-0.4, -0.2) is 31.1 Å². The minimum absolute atomic E-state index is 0.749. The maximum Gasteiger partial charge on any atom is 0.0236 e. The summed E-state index contributed by atoms with van der Waals surface area (Å²) in [5.41, 5.74) is 3.02. The average molecular weight is 246 g/mol. The van der Waals surface area contributed by atoms with Gasteiger partial charge in [-0.2, -0.15) is 0 Å². The summed E-state index contributed by atoms with van der Waals surface area (Å²) in [7, 11) is 0. The molecule has 1 atom stereocenters. The van der Waals surface area contributed by atoms with Crippen LogP contribution in [0.3, 0.4) is 0 Å². The van der Waals surface area contributed by atoms with Gasteiger partial charge in [0.05, 0.1) is 0 Å². The van der Waals surface area contributed by atoms with Crippen molar-refractivity contribution >= 4 is 0 Å². The Morgan fingerprint density at radius 2 is 2.06 bits per heavy atom. The van der Waals surface area contributed by atoms with Crippen LogP contribution in [0.2, 0.25) is 0 Å². The van der Waals surface area contributed by atoms with Crippen LogP contribution in [0.15, 0.2) is 24.3 Å². The molecule has 1 aromatic carbocycles. The van der Waals surface area contributed by atoms with Crippen LogP contribution in [0.4, 0.5) is 0 Å².